The van der Waals surface area contributed by atoms with Crippen LogP contribution in [0.1, 0.15) is 26.7 Å². The number of carbonyl (C=O) groups excluding carboxylic acids is 1. The predicted molar refractivity (Wildman–Crippen MR) is 85.7 cm³/mol. The van der Waals surface area contributed by atoms with E-state index in [1.54, 1.807) is 0 Å². The number of nitrogens with zero attached hydrogens (tertiary/aromatic N) is 1. The molecule has 1 N–H and O–H groups in total. The minimum atomic E-state index is -3.62. The Labute approximate surface area is 136 Å². The fourth-order valence-corrected chi connectivity index (χ4v) is 4.03. The first-order valence-electron chi connectivity index (χ1n) is 7.84. The predicted octanol–water partition coefficient (Wildman–Crippen LogP) is 2.00. The van der Waals surface area contributed by atoms with Gasteiger partial charge in [-0.15, -0.1) is 0 Å². The second-order valence-electron chi connectivity index (χ2n) is 6.27. The van der Waals surface area contributed by atoms with E-state index in [1.807, 2.05) is 13.8 Å². The van der Waals surface area contributed by atoms with Crippen LogP contribution in [0, 0.1) is 17.7 Å². The maximum Gasteiger partial charge on any atom is 0.243 e. The molecule has 0 unspecified atom stereocenters. The molecule has 1 aliphatic rings. The molecule has 1 heterocycles. The molecule has 2 rings (SSSR count). The Balaban J connectivity index is 1.95. The van der Waals surface area contributed by atoms with Crippen molar-refractivity contribution in [3.63, 3.8) is 0 Å². The molecule has 1 aliphatic heterocycles. The van der Waals surface area contributed by atoms with Gasteiger partial charge in [-0.25, -0.2) is 12.8 Å². The van der Waals surface area contributed by atoms with Crippen LogP contribution in [0.25, 0.3) is 0 Å². The van der Waals surface area contributed by atoms with Crippen molar-refractivity contribution < 1.29 is 17.6 Å². The minimum absolute atomic E-state index is 0.00229. The van der Waals surface area contributed by atoms with Crippen LogP contribution in [0.2, 0.25) is 0 Å². The number of nitrogens with one attached hydrogen (secondary N) is 1. The largest absolute Gasteiger partial charge is 0.356 e. The molecule has 0 radical (unpaired) electrons. The summed E-state index contributed by atoms with van der Waals surface area (Å²) in [5.41, 5.74) is 0. The van der Waals surface area contributed by atoms with Crippen LogP contribution in [-0.4, -0.2) is 38.3 Å². The lowest BCUT2D eigenvalue weighted by Crippen LogP contribution is -2.43. The van der Waals surface area contributed by atoms with Crippen LogP contribution in [0.5, 0.6) is 0 Å². The van der Waals surface area contributed by atoms with Gasteiger partial charge in [-0.1, -0.05) is 13.8 Å². The van der Waals surface area contributed by atoms with Crippen molar-refractivity contribution in [2.45, 2.75) is 31.6 Å². The highest BCUT2D eigenvalue weighted by Crippen LogP contribution is 2.24. The minimum Gasteiger partial charge on any atom is -0.356 e. The average Bonchev–Trinajstić information content (AvgIpc) is 2.53. The zero-order chi connectivity index (χ0) is 17.0. The number of amides is 1. The lowest BCUT2D eigenvalue weighted by molar-refractivity contribution is -0.126. The first-order valence-corrected chi connectivity index (χ1v) is 9.28. The Morgan fingerprint density at radius 2 is 1.83 bits per heavy atom. The summed E-state index contributed by atoms with van der Waals surface area (Å²) in [4.78, 5) is 12.1. The number of benzene rings is 1. The zero-order valence-electron chi connectivity index (χ0n) is 13.5. The van der Waals surface area contributed by atoms with Gasteiger partial charge in [-0.3, -0.25) is 4.79 Å². The molecule has 0 bridgehead atoms. The summed E-state index contributed by atoms with van der Waals surface area (Å²) in [5, 5.41) is 2.89. The lowest BCUT2D eigenvalue weighted by Gasteiger charge is -2.30. The van der Waals surface area contributed by atoms with Crippen molar-refractivity contribution in [3.05, 3.63) is 30.1 Å². The Bertz CT molecular complexity index is 636. The van der Waals surface area contributed by atoms with Gasteiger partial charge in [0.25, 0.3) is 0 Å². The van der Waals surface area contributed by atoms with Gasteiger partial charge >= 0.3 is 0 Å². The maximum absolute atomic E-state index is 12.9. The van der Waals surface area contributed by atoms with E-state index in [9.17, 15) is 17.6 Å². The quantitative estimate of drug-likeness (QED) is 0.890. The molecule has 7 heteroatoms. The van der Waals surface area contributed by atoms with Crippen molar-refractivity contribution in [2.24, 2.45) is 11.8 Å². The number of sulfonamides is 1. The van der Waals surface area contributed by atoms with Gasteiger partial charge in [0, 0.05) is 25.6 Å². The van der Waals surface area contributed by atoms with Crippen LogP contribution < -0.4 is 5.32 Å². The van der Waals surface area contributed by atoms with Gasteiger partial charge in [0.2, 0.25) is 15.9 Å². The molecule has 128 valence electrons. The molecule has 5 nitrogen and oxygen atoms in total. The molecule has 0 aliphatic carbocycles. The highest BCUT2D eigenvalue weighted by atomic mass is 32.2. The van der Waals surface area contributed by atoms with E-state index in [0.29, 0.717) is 38.4 Å². The highest BCUT2D eigenvalue weighted by Gasteiger charge is 2.31. The number of piperidine rings is 1. The van der Waals surface area contributed by atoms with Crippen LogP contribution in [-0.2, 0) is 14.8 Å². The lowest BCUT2D eigenvalue weighted by atomic mass is 9.97. The number of carbonyl (C=O) groups is 1. The van der Waals surface area contributed by atoms with Gasteiger partial charge in [-0.05, 0) is 43.0 Å². The van der Waals surface area contributed by atoms with E-state index in [0.717, 1.165) is 12.1 Å². The van der Waals surface area contributed by atoms with Crippen molar-refractivity contribution in [3.8, 4) is 0 Å². The van der Waals surface area contributed by atoms with Crippen LogP contribution >= 0.6 is 0 Å². The normalized spacial score (nSPS) is 17.4. The monoisotopic (exact) mass is 342 g/mol. The summed E-state index contributed by atoms with van der Waals surface area (Å²) >= 11 is 0. The third kappa shape index (κ3) is 4.51. The van der Waals surface area contributed by atoms with E-state index in [1.165, 1.54) is 16.4 Å². The molecular formula is C16H23FN2O3S. The van der Waals surface area contributed by atoms with Crippen LogP contribution in [0.15, 0.2) is 29.2 Å². The topological polar surface area (TPSA) is 66.5 Å². The third-order valence-corrected chi connectivity index (χ3v) is 5.87. The summed E-state index contributed by atoms with van der Waals surface area (Å²) in [7, 11) is -3.62. The van der Waals surface area contributed by atoms with Crippen molar-refractivity contribution in [1.29, 1.82) is 0 Å². The van der Waals surface area contributed by atoms with Gasteiger partial charge in [0.1, 0.15) is 5.82 Å². The van der Waals surface area contributed by atoms with Gasteiger partial charge < -0.3 is 5.32 Å². The van der Waals surface area contributed by atoms with E-state index in [2.05, 4.69) is 5.32 Å². The average molecular weight is 342 g/mol. The fourth-order valence-electron chi connectivity index (χ4n) is 2.56. The van der Waals surface area contributed by atoms with Crippen molar-refractivity contribution >= 4 is 15.9 Å². The smallest absolute Gasteiger partial charge is 0.243 e. The first kappa shape index (κ1) is 17.9. The summed E-state index contributed by atoms with van der Waals surface area (Å²) in [6, 6.07) is 4.82. The summed E-state index contributed by atoms with van der Waals surface area (Å²) in [5.74, 6) is -0.228. The molecule has 23 heavy (non-hydrogen) atoms. The number of hydrogen-bond acceptors (Lipinski definition) is 3. The van der Waals surface area contributed by atoms with Gasteiger partial charge in [0.15, 0.2) is 0 Å². The van der Waals surface area contributed by atoms with E-state index < -0.39 is 15.8 Å². The molecule has 1 fully saturated rings. The third-order valence-electron chi connectivity index (χ3n) is 3.96. The molecular weight excluding hydrogens is 319 g/mol. The Morgan fingerprint density at radius 3 is 2.35 bits per heavy atom. The Hall–Kier alpha value is -1.47. The zero-order valence-corrected chi connectivity index (χ0v) is 14.3. The number of halogens is 1. The summed E-state index contributed by atoms with van der Waals surface area (Å²) in [6.07, 6.45) is 1.01. The second kappa shape index (κ2) is 7.40. The standard InChI is InChI=1S/C16H23FN2O3S/c1-12(2)11-18-16(20)13-7-9-19(10-8-13)23(21,22)15-5-3-14(17)4-6-15/h3-6,12-13H,7-11H2,1-2H3,(H,18,20). The highest BCUT2D eigenvalue weighted by molar-refractivity contribution is 7.89. The Morgan fingerprint density at radius 1 is 1.26 bits per heavy atom. The van der Waals surface area contributed by atoms with Crippen LogP contribution in [0.4, 0.5) is 4.39 Å². The SMILES string of the molecule is CC(C)CNC(=O)C1CCN(S(=O)(=O)c2ccc(F)cc2)CC1. The molecule has 1 amide bonds. The van der Waals surface area contributed by atoms with E-state index in [-0.39, 0.29) is 16.7 Å². The van der Waals surface area contributed by atoms with Crippen molar-refractivity contribution in [2.75, 3.05) is 19.6 Å². The van der Waals surface area contributed by atoms with Gasteiger partial charge in [-0.2, -0.15) is 4.31 Å². The fraction of sp³-hybridized carbons (Fsp3) is 0.562. The van der Waals surface area contributed by atoms with Gasteiger partial charge in [0.05, 0.1) is 4.90 Å². The Kier molecular flexibility index (Phi) is 5.75. The maximum atomic E-state index is 12.9. The van der Waals surface area contributed by atoms with Crippen LogP contribution in [0.3, 0.4) is 0 Å². The van der Waals surface area contributed by atoms with E-state index in [4.69, 9.17) is 0 Å². The summed E-state index contributed by atoms with van der Waals surface area (Å²) in [6.45, 7) is 5.29. The molecule has 1 aromatic carbocycles. The van der Waals surface area contributed by atoms with Crippen molar-refractivity contribution in [1.82, 2.24) is 9.62 Å². The molecule has 0 saturated carbocycles. The van der Waals surface area contributed by atoms with E-state index >= 15 is 0 Å². The number of rotatable bonds is 5. The molecule has 0 atom stereocenters. The molecule has 1 saturated heterocycles. The first-order chi connectivity index (χ1) is 10.8. The number of hydrogen-bond donors (Lipinski definition) is 1. The summed E-state index contributed by atoms with van der Waals surface area (Å²) < 4.78 is 39.3. The molecule has 0 spiro atoms. The molecule has 0 aromatic heterocycles. The molecule has 1 aromatic rings. The second-order valence-corrected chi connectivity index (χ2v) is 8.21.